The summed E-state index contributed by atoms with van der Waals surface area (Å²) in [7, 11) is 0. The molecule has 2 saturated carbocycles. The standard InChI is InChI=1S/C11H19ClO/c1-10(2)8-3-4-11(10,5-6-13)9(12)7-8/h8-9,13H,3-7H2,1-2H3. The van der Waals surface area contributed by atoms with Crippen LogP contribution in [0.5, 0.6) is 0 Å². The fraction of sp³-hybridized carbons (Fsp3) is 1.00. The van der Waals surface area contributed by atoms with E-state index in [2.05, 4.69) is 13.8 Å². The molecule has 0 aromatic rings. The highest BCUT2D eigenvalue weighted by Gasteiger charge is 2.62. The maximum atomic E-state index is 9.13. The Morgan fingerprint density at radius 2 is 2.15 bits per heavy atom. The average molecular weight is 203 g/mol. The van der Waals surface area contributed by atoms with Crippen LogP contribution in [0.25, 0.3) is 0 Å². The molecule has 0 heterocycles. The molecule has 1 nitrogen and oxygen atoms in total. The summed E-state index contributed by atoms with van der Waals surface area (Å²) in [6.45, 7) is 4.96. The predicted molar refractivity (Wildman–Crippen MR) is 54.9 cm³/mol. The minimum absolute atomic E-state index is 0.230. The largest absolute Gasteiger partial charge is 0.396 e. The van der Waals surface area contributed by atoms with Gasteiger partial charge < -0.3 is 5.11 Å². The Morgan fingerprint density at radius 1 is 1.46 bits per heavy atom. The third-order valence-electron chi connectivity index (χ3n) is 4.89. The van der Waals surface area contributed by atoms with Crippen LogP contribution in [0.2, 0.25) is 0 Å². The number of hydrogen-bond acceptors (Lipinski definition) is 1. The molecule has 2 bridgehead atoms. The topological polar surface area (TPSA) is 20.2 Å². The van der Waals surface area contributed by atoms with Crippen LogP contribution in [-0.2, 0) is 0 Å². The summed E-state index contributed by atoms with van der Waals surface area (Å²) in [5.74, 6) is 0.793. The van der Waals surface area contributed by atoms with E-state index in [0.717, 1.165) is 18.8 Å². The molecule has 0 spiro atoms. The molecule has 0 amide bonds. The first-order valence-corrected chi connectivity index (χ1v) is 5.73. The maximum absolute atomic E-state index is 9.13. The number of hydrogen-bond donors (Lipinski definition) is 1. The molecule has 3 unspecified atom stereocenters. The average Bonchev–Trinajstić information content (AvgIpc) is 2.38. The number of halogens is 1. The molecule has 0 aliphatic heterocycles. The van der Waals surface area contributed by atoms with E-state index in [1.54, 1.807) is 0 Å². The van der Waals surface area contributed by atoms with Gasteiger partial charge in [0, 0.05) is 12.0 Å². The monoisotopic (exact) mass is 202 g/mol. The van der Waals surface area contributed by atoms with Crippen molar-refractivity contribution >= 4 is 11.6 Å². The molecule has 2 aliphatic carbocycles. The van der Waals surface area contributed by atoms with E-state index in [-0.39, 0.29) is 5.41 Å². The van der Waals surface area contributed by atoms with Crippen LogP contribution in [0, 0.1) is 16.7 Å². The number of aliphatic hydroxyl groups is 1. The Morgan fingerprint density at radius 3 is 2.54 bits per heavy atom. The smallest absolute Gasteiger partial charge is 0.0437 e. The summed E-state index contributed by atoms with van der Waals surface area (Å²) in [5, 5.41) is 9.43. The van der Waals surface area contributed by atoms with Gasteiger partial charge in [-0.2, -0.15) is 0 Å². The van der Waals surface area contributed by atoms with E-state index in [9.17, 15) is 0 Å². The minimum Gasteiger partial charge on any atom is -0.396 e. The second kappa shape index (κ2) is 2.87. The van der Waals surface area contributed by atoms with E-state index in [1.165, 1.54) is 12.8 Å². The predicted octanol–water partition coefficient (Wildman–Crippen LogP) is 2.80. The molecule has 3 atom stereocenters. The van der Waals surface area contributed by atoms with Crippen molar-refractivity contribution < 1.29 is 5.11 Å². The van der Waals surface area contributed by atoms with Crippen molar-refractivity contribution in [2.24, 2.45) is 16.7 Å². The van der Waals surface area contributed by atoms with Crippen molar-refractivity contribution in [1.82, 2.24) is 0 Å². The molecule has 0 saturated heterocycles. The maximum Gasteiger partial charge on any atom is 0.0437 e. The lowest BCUT2D eigenvalue weighted by molar-refractivity contribution is 0.0897. The van der Waals surface area contributed by atoms with Crippen molar-refractivity contribution in [1.29, 1.82) is 0 Å². The zero-order valence-corrected chi connectivity index (χ0v) is 9.27. The van der Waals surface area contributed by atoms with Gasteiger partial charge in [-0.25, -0.2) is 0 Å². The van der Waals surface area contributed by atoms with Crippen molar-refractivity contribution in [3.05, 3.63) is 0 Å². The third kappa shape index (κ3) is 1.04. The second-order valence-corrected chi connectivity index (χ2v) is 5.82. The second-order valence-electron chi connectivity index (χ2n) is 5.29. The van der Waals surface area contributed by atoms with Gasteiger partial charge in [-0.05, 0) is 42.4 Å². The Kier molecular flexibility index (Phi) is 2.16. The van der Waals surface area contributed by atoms with Gasteiger partial charge in [-0.3, -0.25) is 0 Å². The van der Waals surface area contributed by atoms with Gasteiger partial charge >= 0.3 is 0 Å². The summed E-state index contributed by atoms with van der Waals surface area (Å²) in [6, 6.07) is 0. The zero-order valence-electron chi connectivity index (χ0n) is 8.52. The van der Waals surface area contributed by atoms with Gasteiger partial charge in [0.2, 0.25) is 0 Å². The van der Waals surface area contributed by atoms with E-state index >= 15 is 0 Å². The summed E-state index contributed by atoms with van der Waals surface area (Å²) in [4.78, 5) is 0. The van der Waals surface area contributed by atoms with Crippen LogP contribution in [0.4, 0.5) is 0 Å². The lowest BCUT2D eigenvalue weighted by Crippen LogP contribution is -2.37. The van der Waals surface area contributed by atoms with E-state index < -0.39 is 0 Å². The van der Waals surface area contributed by atoms with E-state index in [1.807, 2.05) is 0 Å². The van der Waals surface area contributed by atoms with E-state index in [4.69, 9.17) is 16.7 Å². The van der Waals surface area contributed by atoms with Crippen LogP contribution in [-0.4, -0.2) is 17.1 Å². The molecule has 2 aliphatic rings. The van der Waals surface area contributed by atoms with Crippen molar-refractivity contribution in [3.8, 4) is 0 Å². The first-order valence-electron chi connectivity index (χ1n) is 5.29. The molecule has 2 fully saturated rings. The first-order chi connectivity index (χ1) is 6.04. The lowest BCUT2D eigenvalue weighted by Gasteiger charge is -2.40. The van der Waals surface area contributed by atoms with Crippen molar-refractivity contribution in [3.63, 3.8) is 0 Å². The van der Waals surface area contributed by atoms with Gasteiger partial charge in [-0.15, -0.1) is 11.6 Å². The molecular formula is C11H19ClO. The van der Waals surface area contributed by atoms with Gasteiger partial charge in [0.15, 0.2) is 0 Å². The van der Waals surface area contributed by atoms with Gasteiger partial charge in [0.05, 0.1) is 0 Å². The molecule has 0 radical (unpaired) electrons. The Labute approximate surface area is 85.5 Å². The highest BCUT2D eigenvalue weighted by atomic mass is 35.5. The van der Waals surface area contributed by atoms with Crippen LogP contribution >= 0.6 is 11.6 Å². The Balaban J connectivity index is 2.31. The lowest BCUT2D eigenvalue weighted by atomic mass is 9.67. The third-order valence-corrected chi connectivity index (χ3v) is 5.49. The van der Waals surface area contributed by atoms with Crippen molar-refractivity contribution in [2.45, 2.75) is 44.9 Å². The quantitative estimate of drug-likeness (QED) is 0.683. The first kappa shape index (κ1) is 9.79. The number of fused-ring (bicyclic) bond motifs is 2. The SMILES string of the molecule is CC1(C)C2CCC1(CCO)C(Cl)C2. The number of rotatable bonds is 2. The number of alkyl halides is 1. The summed E-state index contributed by atoms with van der Waals surface area (Å²) >= 11 is 6.42. The molecule has 0 aromatic heterocycles. The molecular weight excluding hydrogens is 184 g/mol. The van der Waals surface area contributed by atoms with Crippen LogP contribution in [0.1, 0.15) is 39.5 Å². The van der Waals surface area contributed by atoms with Gasteiger partial charge in [0.25, 0.3) is 0 Å². The van der Waals surface area contributed by atoms with Crippen LogP contribution in [0.3, 0.4) is 0 Å². The highest BCUT2D eigenvalue weighted by molar-refractivity contribution is 6.21. The Hall–Kier alpha value is 0.250. The molecule has 1 N–H and O–H groups in total. The normalized spacial score (nSPS) is 47.1. The summed E-state index contributed by atoms with van der Waals surface area (Å²) in [6.07, 6.45) is 4.59. The fourth-order valence-corrected chi connectivity index (χ4v) is 4.49. The van der Waals surface area contributed by atoms with Crippen LogP contribution < -0.4 is 0 Å². The summed E-state index contributed by atoms with van der Waals surface area (Å²) in [5.41, 5.74) is 0.579. The van der Waals surface area contributed by atoms with Crippen LogP contribution in [0.15, 0.2) is 0 Å². The molecule has 2 rings (SSSR count). The van der Waals surface area contributed by atoms with E-state index in [0.29, 0.717) is 17.4 Å². The highest BCUT2D eigenvalue weighted by Crippen LogP contribution is 2.68. The van der Waals surface area contributed by atoms with Gasteiger partial charge in [0.1, 0.15) is 0 Å². The Bertz CT molecular complexity index is 214. The molecule has 76 valence electrons. The molecule has 13 heavy (non-hydrogen) atoms. The van der Waals surface area contributed by atoms with Gasteiger partial charge in [-0.1, -0.05) is 13.8 Å². The fourth-order valence-electron chi connectivity index (χ4n) is 3.77. The zero-order chi connectivity index (χ0) is 9.69. The molecule has 2 heteroatoms. The minimum atomic E-state index is 0.230. The molecule has 0 aromatic carbocycles. The summed E-state index contributed by atoms with van der Waals surface area (Å²) < 4.78 is 0. The van der Waals surface area contributed by atoms with Crippen molar-refractivity contribution in [2.75, 3.05) is 6.61 Å². The number of aliphatic hydroxyl groups excluding tert-OH is 1.